The smallest absolute Gasteiger partial charge is 0.176 e. The van der Waals surface area contributed by atoms with E-state index in [-0.39, 0.29) is 5.78 Å². The molecule has 1 aromatic rings. The molecule has 3 nitrogen and oxygen atoms in total. The molecule has 1 heterocycles. The minimum absolute atomic E-state index is 0.132. The van der Waals surface area contributed by atoms with Crippen molar-refractivity contribution in [3.63, 3.8) is 0 Å². The fourth-order valence-electron chi connectivity index (χ4n) is 2.49. The summed E-state index contributed by atoms with van der Waals surface area (Å²) in [5.74, 6) is 0.132. The van der Waals surface area contributed by atoms with Crippen molar-refractivity contribution in [1.82, 2.24) is 4.90 Å². The number of carbonyl (C=O) groups is 1. The summed E-state index contributed by atoms with van der Waals surface area (Å²) in [5.41, 5.74) is 1.27. The number of aliphatic hydroxyl groups is 1. The first kappa shape index (κ1) is 13.2. The van der Waals surface area contributed by atoms with Crippen molar-refractivity contribution in [2.45, 2.75) is 32.3 Å². The van der Waals surface area contributed by atoms with Gasteiger partial charge in [-0.25, -0.2) is 0 Å². The summed E-state index contributed by atoms with van der Waals surface area (Å²) in [6, 6.07) is 7.67. The molecule has 1 aromatic carbocycles. The first-order chi connectivity index (χ1) is 8.46. The quantitative estimate of drug-likeness (QED) is 0.831. The SMILES string of the molecule is Cc1ccc(C(=O)CN2CCCC(C)(O)C2)cc1. The lowest BCUT2D eigenvalue weighted by Gasteiger charge is -2.36. The summed E-state index contributed by atoms with van der Waals surface area (Å²) < 4.78 is 0. The number of aryl methyl sites for hydroxylation is 1. The van der Waals surface area contributed by atoms with Crippen LogP contribution in [0.1, 0.15) is 35.7 Å². The van der Waals surface area contributed by atoms with E-state index in [4.69, 9.17) is 0 Å². The van der Waals surface area contributed by atoms with E-state index in [0.29, 0.717) is 13.1 Å². The second-order valence-corrected chi connectivity index (χ2v) is 5.60. The van der Waals surface area contributed by atoms with Gasteiger partial charge >= 0.3 is 0 Å². The minimum atomic E-state index is -0.647. The van der Waals surface area contributed by atoms with Gasteiger partial charge in [-0.1, -0.05) is 29.8 Å². The maximum atomic E-state index is 12.1. The second kappa shape index (κ2) is 5.21. The highest BCUT2D eigenvalue weighted by Crippen LogP contribution is 2.20. The van der Waals surface area contributed by atoms with Crippen LogP contribution in [-0.4, -0.2) is 41.0 Å². The Balaban J connectivity index is 1.97. The largest absolute Gasteiger partial charge is 0.389 e. The number of benzene rings is 1. The first-order valence-corrected chi connectivity index (χ1v) is 6.51. The standard InChI is InChI=1S/C15H21NO2/c1-12-4-6-13(7-5-12)14(17)10-16-9-3-8-15(2,18)11-16/h4-7,18H,3,8-11H2,1-2H3. The highest BCUT2D eigenvalue weighted by Gasteiger charge is 2.29. The van der Waals surface area contributed by atoms with Gasteiger partial charge in [0.1, 0.15) is 0 Å². The molecular weight excluding hydrogens is 226 g/mol. The number of rotatable bonds is 3. The van der Waals surface area contributed by atoms with Crippen LogP contribution in [0, 0.1) is 6.92 Å². The van der Waals surface area contributed by atoms with Gasteiger partial charge in [0, 0.05) is 12.1 Å². The predicted octanol–water partition coefficient (Wildman–Crippen LogP) is 2.02. The Hall–Kier alpha value is -1.19. The van der Waals surface area contributed by atoms with Gasteiger partial charge in [-0.3, -0.25) is 9.69 Å². The van der Waals surface area contributed by atoms with E-state index >= 15 is 0 Å². The first-order valence-electron chi connectivity index (χ1n) is 6.51. The Labute approximate surface area is 108 Å². The number of hydrogen-bond acceptors (Lipinski definition) is 3. The number of likely N-dealkylation sites (tertiary alicyclic amines) is 1. The molecule has 1 atom stereocenters. The third kappa shape index (κ3) is 3.40. The molecule has 98 valence electrons. The monoisotopic (exact) mass is 247 g/mol. The van der Waals surface area contributed by atoms with Crippen LogP contribution < -0.4 is 0 Å². The van der Waals surface area contributed by atoms with Crippen LogP contribution in [0.5, 0.6) is 0 Å². The van der Waals surface area contributed by atoms with E-state index in [2.05, 4.69) is 0 Å². The molecule has 3 heteroatoms. The average molecular weight is 247 g/mol. The average Bonchev–Trinajstić information content (AvgIpc) is 2.28. The Morgan fingerprint density at radius 3 is 2.67 bits per heavy atom. The molecule has 0 saturated carbocycles. The van der Waals surface area contributed by atoms with Crippen molar-refractivity contribution in [3.8, 4) is 0 Å². The maximum absolute atomic E-state index is 12.1. The van der Waals surface area contributed by atoms with Crippen molar-refractivity contribution in [1.29, 1.82) is 0 Å². The highest BCUT2D eigenvalue weighted by atomic mass is 16.3. The Kier molecular flexibility index (Phi) is 3.83. The third-order valence-electron chi connectivity index (χ3n) is 3.49. The lowest BCUT2D eigenvalue weighted by Crippen LogP contribution is -2.47. The molecule has 0 bridgehead atoms. The Morgan fingerprint density at radius 2 is 2.06 bits per heavy atom. The molecule has 18 heavy (non-hydrogen) atoms. The van der Waals surface area contributed by atoms with Gasteiger partial charge in [0.25, 0.3) is 0 Å². The zero-order valence-electron chi connectivity index (χ0n) is 11.1. The summed E-state index contributed by atoms with van der Waals surface area (Å²) >= 11 is 0. The lowest BCUT2D eigenvalue weighted by atomic mass is 9.95. The number of hydrogen-bond donors (Lipinski definition) is 1. The molecule has 2 rings (SSSR count). The van der Waals surface area contributed by atoms with Crippen molar-refractivity contribution < 1.29 is 9.90 Å². The van der Waals surface area contributed by atoms with Gasteiger partial charge in [0.2, 0.25) is 0 Å². The maximum Gasteiger partial charge on any atom is 0.176 e. The molecule has 1 aliphatic heterocycles. The third-order valence-corrected chi connectivity index (χ3v) is 3.49. The van der Waals surface area contributed by atoms with Crippen molar-refractivity contribution in [3.05, 3.63) is 35.4 Å². The molecule has 0 amide bonds. The van der Waals surface area contributed by atoms with Gasteiger partial charge in [0.05, 0.1) is 12.1 Å². The van der Waals surface area contributed by atoms with E-state index in [1.165, 1.54) is 0 Å². The van der Waals surface area contributed by atoms with E-state index in [1.54, 1.807) is 0 Å². The van der Waals surface area contributed by atoms with Crippen molar-refractivity contribution >= 4 is 5.78 Å². The topological polar surface area (TPSA) is 40.5 Å². The summed E-state index contributed by atoms with van der Waals surface area (Å²) in [6.45, 7) is 5.74. The fourth-order valence-corrected chi connectivity index (χ4v) is 2.49. The van der Waals surface area contributed by atoms with Gasteiger partial charge in [-0.15, -0.1) is 0 Å². The summed E-state index contributed by atoms with van der Waals surface area (Å²) in [7, 11) is 0. The molecule has 1 aliphatic rings. The minimum Gasteiger partial charge on any atom is -0.389 e. The van der Waals surface area contributed by atoms with Crippen LogP contribution in [0.3, 0.4) is 0 Å². The summed E-state index contributed by atoms with van der Waals surface area (Å²) in [4.78, 5) is 14.2. The molecule has 1 N–H and O–H groups in total. The molecule has 0 spiro atoms. The highest BCUT2D eigenvalue weighted by molar-refractivity contribution is 5.97. The van der Waals surface area contributed by atoms with Gasteiger partial charge in [0.15, 0.2) is 5.78 Å². The number of piperidine rings is 1. The van der Waals surface area contributed by atoms with E-state index in [0.717, 1.165) is 30.5 Å². The molecular formula is C15H21NO2. The van der Waals surface area contributed by atoms with E-state index < -0.39 is 5.60 Å². The Morgan fingerprint density at radius 1 is 1.39 bits per heavy atom. The lowest BCUT2D eigenvalue weighted by molar-refractivity contribution is -0.0132. The van der Waals surface area contributed by atoms with Crippen LogP contribution in [0.15, 0.2) is 24.3 Å². The molecule has 0 aromatic heterocycles. The predicted molar refractivity (Wildman–Crippen MR) is 71.8 cm³/mol. The van der Waals surface area contributed by atoms with Crippen LogP contribution >= 0.6 is 0 Å². The van der Waals surface area contributed by atoms with E-state index in [9.17, 15) is 9.90 Å². The van der Waals surface area contributed by atoms with Crippen LogP contribution in [0.2, 0.25) is 0 Å². The fraction of sp³-hybridized carbons (Fsp3) is 0.533. The number of ketones is 1. The van der Waals surface area contributed by atoms with Crippen LogP contribution in [-0.2, 0) is 0 Å². The Bertz CT molecular complexity index is 423. The van der Waals surface area contributed by atoms with Crippen LogP contribution in [0.25, 0.3) is 0 Å². The number of Topliss-reactive ketones (excluding diaryl/α,β-unsaturated/α-hetero) is 1. The van der Waals surface area contributed by atoms with Gasteiger partial charge in [-0.05, 0) is 33.2 Å². The van der Waals surface area contributed by atoms with Gasteiger partial charge in [-0.2, -0.15) is 0 Å². The zero-order valence-corrected chi connectivity index (χ0v) is 11.1. The normalized spacial score (nSPS) is 25.1. The molecule has 1 unspecified atom stereocenters. The molecule has 1 saturated heterocycles. The zero-order chi connectivity index (χ0) is 13.2. The molecule has 1 fully saturated rings. The van der Waals surface area contributed by atoms with Crippen LogP contribution in [0.4, 0.5) is 0 Å². The summed E-state index contributed by atoms with van der Waals surface area (Å²) in [5, 5.41) is 10.0. The number of β-amino-alcohol motifs (C(OH)–C–C–N with tert-alkyl or cyclic N) is 1. The van der Waals surface area contributed by atoms with Gasteiger partial charge < -0.3 is 5.11 Å². The number of nitrogens with zero attached hydrogens (tertiary/aromatic N) is 1. The van der Waals surface area contributed by atoms with E-state index in [1.807, 2.05) is 43.0 Å². The number of carbonyl (C=O) groups excluding carboxylic acids is 1. The second-order valence-electron chi connectivity index (χ2n) is 5.60. The molecule has 0 aliphatic carbocycles. The van der Waals surface area contributed by atoms with Crippen molar-refractivity contribution in [2.24, 2.45) is 0 Å². The molecule has 0 radical (unpaired) electrons. The van der Waals surface area contributed by atoms with Crippen molar-refractivity contribution in [2.75, 3.05) is 19.6 Å². The summed E-state index contributed by atoms with van der Waals surface area (Å²) in [6.07, 6.45) is 1.77.